The lowest BCUT2D eigenvalue weighted by atomic mass is 9.92. The van der Waals surface area contributed by atoms with E-state index in [0.29, 0.717) is 22.6 Å². The summed E-state index contributed by atoms with van der Waals surface area (Å²) in [5.41, 5.74) is 7.89. The molecule has 0 heterocycles. The lowest BCUT2D eigenvalue weighted by Gasteiger charge is -2.22. The van der Waals surface area contributed by atoms with Crippen LogP contribution in [0.25, 0.3) is 0 Å². The van der Waals surface area contributed by atoms with Gasteiger partial charge in [-0.15, -0.1) is 0 Å². The summed E-state index contributed by atoms with van der Waals surface area (Å²) in [6.07, 6.45) is 2.42. The normalized spacial score (nSPS) is 17.2. The number of primary sulfonamides is 1. The molecule has 0 aromatic heterocycles. The minimum atomic E-state index is -3.75. The fourth-order valence-corrected chi connectivity index (χ4v) is 3.42. The van der Waals surface area contributed by atoms with Gasteiger partial charge in [0.05, 0.1) is 4.90 Å². The minimum absolute atomic E-state index is 0.0920. The molecule has 5 N–H and O–H groups in total. The van der Waals surface area contributed by atoms with Crippen molar-refractivity contribution in [3.8, 4) is 0 Å². The van der Waals surface area contributed by atoms with E-state index >= 15 is 0 Å². The number of nitrogens with one attached hydrogen (secondary N) is 1. The molecule has 1 saturated carbocycles. The van der Waals surface area contributed by atoms with Crippen molar-refractivity contribution in [2.24, 2.45) is 16.5 Å². The molecule has 0 unspecified atom stereocenters. The van der Waals surface area contributed by atoms with Crippen LogP contribution < -0.4 is 16.2 Å². The van der Waals surface area contributed by atoms with Gasteiger partial charge < -0.3 is 11.1 Å². The molecule has 0 saturated heterocycles. The van der Waals surface area contributed by atoms with Crippen molar-refractivity contribution in [1.29, 1.82) is 0 Å². The SMILES string of the molecule is Cc1c(NCC2(C(C)C)CC2)cc(N)cc1S(N)(=O)=O. The number of benzene rings is 1. The first-order chi connectivity index (χ1) is 9.16. The molecular formula is C14H23N3O2S. The summed E-state index contributed by atoms with van der Waals surface area (Å²) in [7, 11) is -3.75. The molecule has 20 heavy (non-hydrogen) atoms. The maximum Gasteiger partial charge on any atom is 0.238 e. The number of nitrogens with two attached hydrogens (primary N) is 2. The van der Waals surface area contributed by atoms with Crippen LogP contribution in [-0.2, 0) is 10.0 Å². The van der Waals surface area contributed by atoms with Crippen molar-refractivity contribution < 1.29 is 8.42 Å². The van der Waals surface area contributed by atoms with E-state index in [4.69, 9.17) is 10.9 Å². The molecule has 6 heteroatoms. The van der Waals surface area contributed by atoms with E-state index in [2.05, 4.69) is 19.2 Å². The van der Waals surface area contributed by atoms with Crippen LogP contribution in [0.4, 0.5) is 11.4 Å². The molecule has 0 amide bonds. The Kier molecular flexibility index (Phi) is 3.73. The summed E-state index contributed by atoms with van der Waals surface area (Å²) >= 11 is 0. The third-order valence-electron chi connectivity index (χ3n) is 4.44. The third-order valence-corrected chi connectivity index (χ3v) is 5.47. The van der Waals surface area contributed by atoms with Crippen molar-refractivity contribution in [3.05, 3.63) is 17.7 Å². The highest BCUT2D eigenvalue weighted by molar-refractivity contribution is 7.89. The lowest BCUT2D eigenvalue weighted by Crippen LogP contribution is -2.22. The molecule has 1 aliphatic carbocycles. The predicted molar refractivity (Wildman–Crippen MR) is 82.0 cm³/mol. The number of nitrogen functional groups attached to an aromatic ring is 1. The smallest absolute Gasteiger partial charge is 0.238 e. The number of hydrogen-bond donors (Lipinski definition) is 3. The molecule has 0 atom stereocenters. The van der Waals surface area contributed by atoms with Crippen molar-refractivity contribution in [2.45, 2.75) is 38.5 Å². The van der Waals surface area contributed by atoms with Gasteiger partial charge in [-0.05, 0) is 48.8 Å². The zero-order valence-electron chi connectivity index (χ0n) is 12.2. The number of rotatable bonds is 5. The Balaban J connectivity index is 2.27. The summed E-state index contributed by atoms with van der Waals surface area (Å²) in [5.74, 6) is 0.606. The molecule has 0 aliphatic heterocycles. The van der Waals surface area contributed by atoms with Gasteiger partial charge in [0.25, 0.3) is 0 Å². The predicted octanol–water partition coefficient (Wildman–Crippen LogP) is 2.07. The Hall–Kier alpha value is -1.27. The van der Waals surface area contributed by atoms with E-state index in [9.17, 15) is 8.42 Å². The van der Waals surface area contributed by atoms with Gasteiger partial charge in [0.2, 0.25) is 10.0 Å². The first kappa shape index (κ1) is 15.1. The van der Waals surface area contributed by atoms with Gasteiger partial charge in [-0.3, -0.25) is 0 Å². The molecule has 1 fully saturated rings. The highest BCUT2D eigenvalue weighted by atomic mass is 32.2. The van der Waals surface area contributed by atoms with Crippen LogP contribution >= 0.6 is 0 Å². The molecule has 2 rings (SSSR count). The Morgan fingerprint density at radius 2 is 1.95 bits per heavy atom. The van der Waals surface area contributed by atoms with E-state index in [1.54, 1.807) is 13.0 Å². The second-order valence-electron chi connectivity index (χ2n) is 6.11. The van der Waals surface area contributed by atoms with Crippen molar-refractivity contribution in [2.75, 3.05) is 17.6 Å². The van der Waals surface area contributed by atoms with E-state index in [1.807, 2.05) is 0 Å². The quantitative estimate of drug-likeness (QED) is 0.725. The van der Waals surface area contributed by atoms with Gasteiger partial charge in [0, 0.05) is 17.9 Å². The van der Waals surface area contributed by atoms with Crippen LogP contribution in [0.1, 0.15) is 32.3 Å². The Bertz CT molecular complexity index is 620. The molecule has 0 radical (unpaired) electrons. The van der Waals surface area contributed by atoms with Gasteiger partial charge in [0.15, 0.2) is 0 Å². The average molecular weight is 297 g/mol. The molecule has 1 aromatic carbocycles. The fourth-order valence-electron chi connectivity index (χ4n) is 2.58. The number of hydrogen-bond acceptors (Lipinski definition) is 4. The van der Waals surface area contributed by atoms with Crippen LogP contribution in [-0.4, -0.2) is 15.0 Å². The maximum absolute atomic E-state index is 11.6. The van der Waals surface area contributed by atoms with E-state index in [0.717, 1.165) is 12.2 Å². The van der Waals surface area contributed by atoms with Crippen molar-refractivity contribution >= 4 is 21.4 Å². The largest absolute Gasteiger partial charge is 0.399 e. The molecule has 1 aromatic rings. The third kappa shape index (κ3) is 2.91. The van der Waals surface area contributed by atoms with Gasteiger partial charge >= 0.3 is 0 Å². The second kappa shape index (κ2) is 4.93. The van der Waals surface area contributed by atoms with E-state index in [1.165, 1.54) is 18.9 Å². The number of sulfonamides is 1. The monoisotopic (exact) mass is 297 g/mol. The molecule has 5 nitrogen and oxygen atoms in total. The van der Waals surface area contributed by atoms with Crippen LogP contribution in [0.3, 0.4) is 0 Å². The Morgan fingerprint density at radius 3 is 2.40 bits per heavy atom. The van der Waals surface area contributed by atoms with Crippen molar-refractivity contribution in [3.63, 3.8) is 0 Å². The topological polar surface area (TPSA) is 98.2 Å². The van der Waals surface area contributed by atoms with Gasteiger partial charge in [-0.2, -0.15) is 0 Å². The summed E-state index contributed by atoms with van der Waals surface area (Å²) in [5, 5.41) is 8.58. The summed E-state index contributed by atoms with van der Waals surface area (Å²) in [6, 6.07) is 3.17. The highest BCUT2D eigenvalue weighted by Crippen LogP contribution is 2.51. The maximum atomic E-state index is 11.6. The second-order valence-corrected chi connectivity index (χ2v) is 7.64. The zero-order chi connectivity index (χ0) is 15.1. The van der Waals surface area contributed by atoms with Crippen LogP contribution in [0.2, 0.25) is 0 Å². The minimum Gasteiger partial charge on any atom is -0.399 e. The van der Waals surface area contributed by atoms with E-state index < -0.39 is 10.0 Å². The highest BCUT2D eigenvalue weighted by Gasteiger charge is 2.44. The molecular weight excluding hydrogens is 274 g/mol. The Labute approximate surface area is 120 Å². The van der Waals surface area contributed by atoms with Crippen LogP contribution in [0.15, 0.2) is 17.0 Å². The first-order valence-corrected chi connectivity index (χ1v) is 8.37. The lowest BCUT2D eigenvalue weighted by molar-refractivity contribution is 0.380. The Morgan fingerprint density at radius 1 is 1.35 bits per heavy atom. The first-order valence-electron chi connectivity index (χ1n) is 6.82. The average Bonchev–Trinajstić information content (AvgIpc) is 3.09. The fraction of sp³-hybridized carbons (Fsp3) is 0.571. The van der Waals surface area contributed by atoms with Crippen molar-refractivity contribution in [1.82, 2.24) is 0 Å². The standard InChI is InChI=1S/C14H23N3O2S/c1-9(2)14(4-5-14)8-17-12-6-11(15)7-13(10(12)3)20(16,18)19/h6-7,9,17H,4-5,8,15H2,1-3H3,(H2,16,18,19). The molecule has 112 valence electrons. The van der Waals surface area contributed by atoms with Gasteiger partial charge in [0.1, 0.15) is 0 Å². The van der Waals surface area contributed by atoms with Crippen LogP contribution in [0, 0.1) is 18.3 Å². The number of anilines is 2. The van der Waals surface area contributed by atoms with E-state index in [-0.39, 0.29) is 4.90 Å². The molecule has 1 aliphatic rings. The van der Waals surface area contributed by atoms with Gasteiger partial charge in [-0.25, -0.2) is 13.6 Å². The summed E-state index contributed by atoms with van der Waals surface area (Å²) < 4.78 is 23.1. The van der Waals surface area contributed by atoms with Gasteiger partial charge in [-0.1, -0.05) is 13.8 Å². The zero-order valence-corrected chi connectivity index (χ0v) is 13.0. The molecule has 0 bridgehead atoms. The molecule has 0 spiro atoms. The van der Waals surface area contributed by atoms with Crippen LogP contribution in [0.5, 0.6) is 0 Å². The summed E-state index contributed by atoms with van der Waals surface area (Å²) in [6.45, 7) is 7.02. The summed E-state index contributed by atoms with van der Waals surface area (Å²) in [4.78, 5) is 0.0920.